The summed E-state index contributed by atoms with van der Waals surface area (Å²) < 4.78 is 1.79. The van der Waals surface area contributed by atoms with Gasteiger partial charge in [0.15, 0.2) is 17.8 Å². The molecule has 1 aromatic carbocycles. The van der Waals surface area contributed by atoms with Gasteiger partial charge in [-0.1, -0.05) is 6.07 Å². The van der Waals surface area contributed by atoms with E-state index in [0.29, 0.717) is 33.1 Å². The number of hydrogen-bond donors (Lipinski definition) is 2. The summed E-state index contributed by atoms with van der Waals surface area (Å²) in [4.78, 5) is 53.1. The number of hydroxylamine groups is 2. The first-order valence-corrected chi connectivity index (χ1v) is 10.5. The number of anilines is 1. The fourth-order valence-electron chi connectivity index (χ4n) is 3.69. The molecule has 1 amide bonds. The fourth-order valence-corrected chi connectivity index (χ4v) is 3.69. The maximum Gasteiger partial charge on any atom is 0.332 e. The van der Waals surface area contributed by atoms with E-state index >= 15 is 0 Å². The number of halogens is 1. The van der Waals surface area contributed by atoms with E-state index in [1.54, 1.807) is 29.7 Å². The van der Waals surface area contributed by atoms with E-state index in [-0.39, 0.29) is 61.4 Å². The Kier molecular flexibility index (Phi) is 9.45. The van der Waals surface area contributed by atoms with Crippen LogP contribution in [0.5, 0.6) is 0 Å². The molecule has 1 atom stereocenters. The molecule has 0 radical (unpaired) electrons. The Bertz CT molecular complexity index is 1150. The van der Waals surface area contributed by atoms with Crippen molar-refractivity contribution in [3.8, 4) is 11.1 Å². The predicted molar refractivity (Wildman–Crippen MR) is 118 cm³/mol. The van der Waals surface area contributed by atoms with Crippen LogP contribution in [0.3, 0.4) is 0 Å². The lowest BCUT2D eigenvalue weighted by Crippen LogP contribution is -3.00. The lowest BCUT2D eigenvalue weighted by atomic mass is 9.92. The standard InChI is InChI=1S/C24H26N3O6.HI/c1-15(28)24-19(5-4-12-26(24)2)18-10-8-16(25)13-20(18)21(30)6-3-7-23(32)33-27-14-17(29)9-11-22(27)31;/h4-5,8-13,15,28H,3,6-7,14,25H2,1-2H3;1H/q+1;/p-1. The second-order valence-electron chi connectivity index (χ2n) is 7.81. The summed E-state index contributed by atoms with van der Waals surface area (Å²) in [5, 5.41) is 11.0. The van der Waals surface area contributed by atoms with Crippen LogP contribution in [-0.2, 0) is 26.3 Å². The van der Waals surface area contributed by atoms with Crippen molar-refractivity contribution in [2.24, 2.45) is 7.05 Å². The third-order valence-corrected chi connectivity index (χ3v) is 5.21. The van der Waals surface area contributed by atoms with Crippen LogP contribution in [0.1, 0.15) is 48.3 Å². The average Bonchev–Trinajstić information content (AvgIpc) is 2.75. The average molecular weight is 579 g/mol. The second-order valence-corrected chi connectivity index (χ2v) is 7.81. The highest BCUT2D eigenvalue weighted by Gasteiger charge is 2.25. The molecule has 0 bridgehead atoms. The van der Waals surface area contributed by atoms with Crippen molar-refractivity contribution in [1.82, 2.24) is 5.06 Å². The number of hydrogen-bond acceptors (Lipinski definition) is 7. The number of aliphatic hydroxyl groups excluding tert-OH is 1. The number of Topliss-reactive ketones (excluding diaryl/α,β-unsaturated/α-hetero) is 1. The highest BCUT2D eigenvalue weighted by molar-refractivity contribution is 6.04. The minimum atomic E-state index is -0.763. The highest BCUT2D eigenvalue weighted by Crippen LogP contribution is 2.31. The number of aliphatic hydroxyl groups is 1. The number of ketones is 2. The SMILES string of the molecule is CC(O)c1c(-c2ccc(N)cc2C(=O)CCCC(=O)ON2CC(=O)C=CC2=O)ccc[n+]1C.[I-]. The number of pyridine rings is 1. The van der Waals surface area contributed by atoms with Gasteiger partial charge in [0.05, 0.1) is 5.56 Å². The molecule has 0 aliphatic carbocycles. The molecule has 3 N–H and O–H groups in total. The summed E-state index contributed by atoms with van der Waals surface area (Å²) in [5.74, 6) is -1.87. The summed E-state index contributed by atoms with van der Waals surface area (Å²) in [7, 11) is 1.81. The Labute approximate surface area is 214 Å². The zero-order valence-corrected chi connectivity index (χ0v) is 21.0. The Morgan fingerprint density at radius 1 is 1.18 bits per heavy atom. The number of carbonyl (C=O) groups is 4. The summed E-state index contributed by atoms with van der Waals surface area (Å²) >= 11 is 0. The fraction of sp³-hybridized carbons (Fsp3) is 0.292. The minimum absolute atomic E-state index is 0. The number of rotatable bonds is 8. The van der Waals surface area contributed by atoms with Crippen molar-refractivity contribution in [1.29, 1.82) is 0 Å². The molecule has 0 saturated heterocycles. The van der Waals surface area contributed by atoms with Crippen molar-refractivity contribution >= 4 is 29.1 Å². The van der Waals surface area contributed by atoms with Crippen LogP contribution in [0.25, 0.3) is 11.1 Å². The number of amides is 1. The van der Waals surface area contributed by atoms with E-state index < -0.39 is 18.0 Å². The number of carbonyl (C=O) groups excluding carboxylic acids is 4. The van der Waals surface area contributed by atoms with Gasteiger partial charge in [0.25, 0.3) is 5.91 Å². The first-order valence-electron chi connectivity index (χ1n) is 10.5. The Morgan fingerprint density at radius 2 is 1.91 bits per heavy atom. The van der Waals surface area contributed by atoms with Crippen molar-refractivity contribution < 1.29 is 57.7 Å². The number of benzene rings is 1. The molecule has 1 aliphatic heterocycles. The van der Waals surface area contributed by atoms with E-state index in [1.807, 2.05) is 25.4 Å². The smallest absolute Gasteiger partial charge is 0.332 e. The maximum atomic E-state index is 13.0. The summed E-state index contributed by atoms with van der Waals surface area (Å²) in [6.45, 7) is 1.33. The van der Waals surface area contributed by atoms with Crippen LogP contribution in [0.4, 0.5) is 5.69 Å². The zero-order chi connectivity index (χ0) is 24.1. The lowest BCUT2D eigenvalue weighted by Gasteiger charge is -2.20. The van der Waals surface area contributed by atoms with Crippen LogP contribution in [-0.4, -0.2) is 40.2 Å². The van der Waals surface area contributed by atoms with Crippen molar-refractivity contribution in [2.75, 3.05) is 12.3 Å². The van der Waals surface area contributed by atoms with Crippen molar-refractivity contribution in [3.05, 3.63) is 59.9 Å². The molecule has 10 heteroatoms. The Hall–Kier alpha value is -3.12. The summed E-state index contributed by atoms with van der Waals surface area (Å²) in [6, 6.07) is 8.66. The topological polar surface area (TPSA) is 131 Å². The largest absolute Gasteiger partial charge is 1.00 e. The van der Waals surface area contributed by atoms with Gasteiger partial charge in [0.1, 0.15) is 19.7 Å². The van der Waals surface area contributed by atoms with Gasteiger partial charge in [-0.2, -0.15) is 5.06 Å². The molecule has 1 aliphatic rings. The molecule has 0 fully saturated rings. The van der Waals surface area contributed by atoms with E-state index in [1.165, 1.54) is 0 Å². The van der Waals surface area contributed by atoms with Gasteiger partial charge >= 0.3 is 5.97 Å². The predicted octanol–water partition coefficient (Wildman–Crippen LogP) is -1.40. The van der Waals surface area contributed by atoms with Gasteiger partial charge in [-0.3, -0.25) is 14.4 Å². The number of nitrogen functional groups attached to an aromatic ring is 1. The van der Waals surface area contributed by atoms with Crippen LogP contribution < -0.4 is 34.3 Å². The van der Waals surface area contributed by atoms with Gasteiger partial charge in [-0.05, 0) is 43.2 Å². The number of aryl methyl sites for hydroxylation is 1. The highest BCUT2D eigenvalue weighted by atomic mass is 127. The van der Waals surface area contributed by atoms with E-state index in [0.717, 1.165) is 12.2 Å². The van der Waals surface area contributed by atoms with Gasteiger partial charge in [-0.25, -0.2) is 9.36 Å². The van der Waals surface area contributed by atoms with Gasteiger partial charge in [-0.15, -0.1) is 0 Å². The van der Waals surface area contributed by atoms with Gasteiger partial charge in [0.2, 0.25) is 5.69 Å². The molecule has 2 heterocycles. The molecule has 0 saturated carbocycles. The second kappa shape index (κ2) is 11.8. The first kappa shape index (κ1) is 27.1. The number of nitrogens with zero attached hydrogens (tertiary/aromatic N) is 2. The molecule has 180 valence electrons. The summed E-state index contributed by atoms with van der Waals surface area (Å²) in [6.07, 6.45) is 3.33. The maximum absolute atomic E-state index is 13.0. The molecule has 9 nitrogen and oxygen atoms in total. The molecule has 0 spiro atoms. The van der Waals surface area contributed by atoms with Crippen LogP contribution >= 0.6 is 0 Å². The van der Waals surface area contributed by atoms with Gasteiger partial charge < -0.3 is 39.7 Å². The monoisotopic (exact) mass is 579 g/mol. The molecule has 1 aromatic heterocycles. The Balaban J connectivity index is 0.00000408. The Morgan fingerprint density at radius 3 is 2.62 bits per heavy atom. The third-order valence-electron chi connectivity index (χ3n) is 5.21. The van der Waals surface area contributed by atoms with Crippen LogP contribution in [0.15, 0.2) is 48.7 Å². The minimum Gasteiger partial charge on any atom is -1.00 e. The molecule has 3 rings (SSSR count). The molecule has 1 unspecified atom stereocenters. The molecule has 2 aromatic rings. The van der Waals surface area contributed by atoms with E-state index in [9.17, 15) is 24.3 Å². The third kappa shape index (κ3) is 6.48. The van der Waals surface area contributed by atoms with Crippen LogP contribution in [0, 0.1) is 0 Å². The molecule has 34 heavy (non-hydrogen) atoms. The van der Waals surface area contributed by atoms with Crippen molar-refractivity contribution in [2.45, 2.75) is 32.3 Å². The summed E-state index contributed by atoms with van der Waals surface area (Å²) in [5.41, 5.74) is 8.72. The molecular formula is C24H26IN3O6. The first-order chi connectivity index (χ1) is 15.7. The van der Waals surface area contributed by atoms with E-state index in [2.05, 4.69) is 0 Å². The number of nitrogens with two attached hydrogens (primary N) is 1. The lowest BCUT2D eigenvalue weighted by molar-refractivity contribution is -0.682. The molecular weight excluding hydrogens is 553 g/mol. The van der Waals surface area contributed by atoms with Crippen LogP contribution in [0.2, 0.25) is 0 Å². The normalized spacial score (nSPS) is 13.9. The quantitative estimate of drug-likeness (QED) is 0.170. The zero-order valence-electron chi connectivity index (χ0n) is 18.9. The van der Waals surface area contributed by atoms with Crippen molar-refractivity contribution in [3.63, 3.8) is 0 Å². The number of aromatic nitrogens is 1. The van der Waals surface area contributed by atoms with E-state index in [4.69, 9.17) is 10.6 Å². The van der Waals surface area contributed by atoms with Gasteiger partial charge in [0, 0.05) is 36.2 Å².